The van der Waals surface area contributed by atoms with E-state index in [4.69, 9.17) is 17.5 Å². The smallest absolute Gasteiger partial charge is 0.325 e. The molecule has 0 spiro atoms. The largest absolute Gasteiger partial charge is 0.394 e. The monoisotopic (exact) mass is 244 g/mol. The second-order valence-electron chi connectivity index (χ2n) is 3.44. The fourth-order valence-electron chi connectivity index (χ4n) is 1.10. The predicted octanol–water partition coefficient (Wildman–Crippen LogP) is 0.547. The molecule has 0 radical (unpaired) electrons. The molecule has 0 aromatic rings. The first-order chi connectivity index (χ1) is 6.27. The van der Waals surface area contributed by atoms with Crippen LogP contribution in [0.25, 0.3) is 0 Å². The lowest BCUT2D eigenvalue weighted by Gasteiger charge is -2.36. The van der Waals surface area contributed by atoms with Gasteiger partial charge >= 0.3 is 10.4 Å². The van der Waals surface area contributed by atoms with Gasteiger partial charge in [0.1, 0.15) is 0 Å². The quantitative estimate of drug-likeness (QED) is 0.520. The molecule has 1 saturated heterocycles. The van der Waals surface area contributed by atoms with Gasteiger partial charge in [-0.2, -0.15) is 20.2 Å². The van der Waals surface area contributed by atoms with E-state index in [1.54, 1.807) is 0 Å². The summed E-state index contributed by atoms with van der Waals surface area (Å²) >= 11 is 2.10. The van der Waals surface area contributed by atoms with E-state index in [1.165, 1.54) is 35.6 Å². The van der Waals surface area contributed by atoms with Crippen LogP contribution in [0, 0.1) is 0 Å². The van der Waals surface area contributed by atoms with Gasteiger partial charge in [0.15, 0.2) is 0 Å². The summed E-state index contributed by atoms with van der Waals surface area (Å²) in [4.78, 5) is 0. The highest BCUT2D eigenvalue weighted by Gasteiger charge is 2.21. The third kappa shape index (κ3) is 8.76. The van der Waals surface area contributed by atoms with Gasteiger partial charge in [0.2, 0.25) is 0 Å². The summed E-state index contributed by atoms with van der Waals surface area (Å²) in [5.74, 6) is 2.73. The Morgan fingerprint density at radius 1 is 1.29 bits per heavy atom. The molecule has 0 aromatic heterocycles. The second kappa shape index (κ2) is 5.92. The number of thioether (sulfide) groups is 1. The van der Waals surface area contributed by atoms with Gasteiger partial charge in [0.25, 0.3) is 0 Å². The van der Waals surface area contributed by atoms with Gasteiger partial charge in [-0.15, -0.1) is 0 Å². The van der Waals surface area contributed by atoms with Crippen molar-refractivity contribution in [1.29, 1.82) is 0 Å². The Morgan fingerprint density at radius 3 is 1.86 bits per heavy atom. The maximum Gasteiger partial charge on any atom is 0.394 e. The molecule has 0 saturated carbocycles. The van der Waals surface area contributed by atoms with Crippen LogP contribution in [-0.2, 0) is 10.4 Å². The molecule has 0 unspecified atom stereocenters. The molecule has 0 amide bonds. The summed E-state index contributed by atoms with van der Waals surface area (Å²) < 4.78 is 32.9. The van der Waals surface area contributed by atoms with Crippen molar-refractivity contribution >= 4 is 22.2 Å². The molecule has 1 fully saturated rings. The Kier molecular flexibility index (Phi) is 5.99. The van der Waals surface area contributed by atoms with E-state index < -0.39 is 10.4 Å². The molecular weight excluding hydrogens is 226 g/mol. The zero-order chi connectivity index (χ0) is 11.2. The fraction of sp³-hybridized carbons (Fsp3) is 1.00. The average molecular weight is 244 g/mol. The van der Waals surface area contributed by atoms with Gasteiger partial charge in [-0.05, 0) is 6.92 Å². The van der Waals surface area contributed by atoms with Crippen LogP contribution in [0.3, 0.4) is 0 Å². The zero-order valence-electron chi connectivity index (χ0n) is 8.51. The van der Waals surface area contributed by atoms with Gasteiger partial charge in [-0.25, -0.2) is 0 Å². The maximum atomic E-state index is 8.74. The highest BCUT2D eigenvalue weighted by molar-refractivity contribution is 7.99. The summed E-state index contributed by atoms with van der Waals surface area (Å²) in [6.07, 6.45) is 0. The summed E-state index contributed by atoms with van der Waals surface area (Å²) in [6, 6.07) is 0. The number of quaternary nitrogens is 1. The summed E-state index contributed by atoms with van der Waals surface area (Å²) in [6.45, 7) is 6.35. The van der Waals surface area contributed by atoms with E-state index in [9.17, 15) is 0 Å². The molecule has 7 heteroatoms. The average Bonchev–Trinajstić information content (AvgIpc) is 2.03. The summed E-state index contributed by atoms with van der Waals surface area (Å²) in [5.41, 5.74) is 0. The minimum Gasteiger partial charge on any atom is -0.325 e. The van der Waals surface area contributed by atoms with Crippen molar-refractivity contribution in [3.05, 3.63) is 0 Å². The molecular formula is C7H18NO4S2+. The number of nitrogens with zero attached hydrogens (tertiary/aromatic N) is 1. The molecule has 1 aliphatic rings. The third-order valence-corrected chi connectivity index (χ3v) is 3.26. The lowest BCUT2D eigenvalue weighted by atomic mass is 10.4. The van der Waals surface area contributed by atoms with Crippen molar-refractivity contribution < 1.29 is 22.0 Å². The van der Waals surface area contributed by atoms with Crippen molar-refractivity contribution in [2.45, 2.75) is 6.92 Å². The van der Waals surface area contributed by atoms with E-state index in [-0.39, 0.29) is 0 Å². The first kappa shape index (κ1) is 14.2. The van der Waals surface area contributed by atoms with E-state index in [2.05, 4.69) is 25.7 Å². The Morgan fingerprint density at radius 2 is 1.64 bits per heavy atom. The lowest BCUT2D eigenvalue weighted by molar-refractivity contribution is -0.904. The number of hydrogen-bond donors (Lipinski definition) is 2. The Balaban J connectivity index is 0.000000292. The second-order valence-corrected chi connectivity index (χ2v) is 5.56. The predicted molar refractivity (Wildman–Crippen MR) is 58.0 cm³/mol. The van der Waals surface area contributed by atoms with Crippen molar-refractivity contribution in [3.8, 4) is 0 Å². The van der Waals surface area contributed by atoms with Crippen LogP contribution >= 0.6 is 11.8 Å². The van der Waals surface area contributed by atoms with Crippen molar-refractivity contribution in [1.82, 2.24) is 0 Å². The molecule has 14 heavy (non-hydrogen) atoms. The minimum absolute atomic E-state index is 1.30. The highest BCUT2D eigenvalue weighted by Crippen LogP contribution is 2.14. The van der Waals surface area contributed by atoms with Gasteiger partial charge < -0.3 is 4.48 Å². The zero-order valence-corrected chi connectivity index (χ0v) is 10.1. The molecule has 2 N–H and O–H groups in total. The van der Waals surface area contributed by atoms with Crippen molar-refractivity contribution in [2.75, 3.05) is 38.2 Å². The van der Waals surface area contributed by atoms with Crippen LogP contribution in [0.2, 0.25) is 0 Å². The molecule has 86 valence electrons. The van der Waals surface area contributed by atoms with E-state index in [0.717, 1.165) is 0 Å². The summed E-state index contributed by atoms with van der Waals surface area (Å²) in [7, 11) is -2.31. The molecule has 0 aromatic carbocycles. The van der Waals surface area contributed by atoms with E-state index >= 15 is 0 Å². The Labute approximate surface area is 89.7 Å². The van der Waals surface area contributed by atoms with E-state index in [0.29, 0.717) is 0 Å². The van der Waals surface area contributed by atoms with Crippen LogP contribution < -0.4 is 0 Å². The van der Waals surface area contributed by atoms with Crippen LogP contribution in [-0.4, -0.2) is 60.2 Å². The maximum absolute atomic E-state index is 8.74. The fourth-order valence-corrected chi connectivity index (χ4v) is 2.44. The van der Waals surface area contributed by atoms with Crippen LogP contribution in [0.1, 0.15) is 6.92 Å². The van der Waals surface area contributed by atoms with Crippen molar-refractivity contribution in [2.24, 2.45) is 0 Å². The Bertz CT molecular complexity index is 238. The molecule has 0 bridgehead atoms. The third-order valence-electron chi connectivity index (χ3n) is 2.31. The molecule has 5 nitrogen and oxygen atoms in total. The first-order valence-corrected chi connectivity index (χ1v) is 6.93. The number of hydrogen-bond acceptors (Lipinski definition) is 3. The highest BCUT2D eigenvalue weighted by atomic mass is 32.3. The minimum atomic E-state index is -4.67. The first-order valence-electron chi connectivity index (χ1n) is 4.38. The molecule has 0 aliphatic carbocycles. The van der Waals surface area contributed by atoms with Crippen LogP contribution in [0.15, 0.2) is 0 Å². The molecule has 1 heterocycles. The van der Waals surface area contributed by atoms with Gasteiger partial charge in [0.05, 0.1) is 26.7 Å². The Hall–Kier alpha value is 0.180. The van der Waals surface area contributed by atoms with Gasteiger partial charge in [-0.3, -0.25) is 9.11 Å². The standard InChI is InChI=1S/C7H16NS.H2O4S/c1-3-8(2)4-6-9-7-5-8;1-5(2,3)4/h3-7H2,1-2H3;(H2,1,2,3,4)/q+1;. The normalized spacial score (nSPS) is 20.9. The SMILES string of the molecule is CC[N+]1(C)CCSCC1.O=S(=O)(O)O. The van der Waals surface area contributed by atoms with Crippen molar-refractivity contribution in [3.63, 3.8) is 0 Å². The molecule has 1 rings (SSSR count). The van der Waals surface area contributed by atoms with Gasteiger partial charge in [-0.1, -0.05) is 0 Å². The molecule has 0 atom stereocenters. The lowest BCUT2D eigenvalue weighted by Crippen LogP contribution is -2.49. The molecule has 1 aliphatic heterocycles. The summed E-state index contributed by atoms with van der Waals surface area (Å²) in [5, 5.41) is 0. The van der Waals surface area contributed by atoms with Gasteiger partial charge in [0, 0.05) is 11.5 Å². The van der Waals surface area contributed by atoms with Crippen LogP contribution in [0.5, 0.6) is 0 Å². The van der Waals surface area contributed by atoms with E-state index in [1.807, 2.05) is 0 Å². The topological polar surface area (TPSA) is 74.6 Å². The van der Waals surface area contributed by atoms with Crippen LogP contribution in [0.4, 0.5) is 0 Å². The number of rotatable bonds is 1.